The summed E-state index contributed by atoms with van der Waals surface area (Å²) in [6, 6.07) is 0. The molecule has 2 heteroatoms. The van der Waals surface area contributed by atoms with Crippen molar-refractivity contribution in [3.8, 4) is 12.3 Å². The van der Waals surface area contributed by atoms with E-state index in [-0.39, 0.29) is 5.57 Å². The molecular formula is C9H10F2. The molecule has 0 amide bonds. The molecule has 0 fully saturated rings. The number of halogens is 2. The maximum absolute atomic E-state index is 12.4. The average Bonchev–Trinajstić information content (AvgIpc) is 1.86. The molecule has 0 aliphatic heterocycles. The standard InChI is InChI=1S/C9H10F2/c1-4-5-6-7-8(2)9(3,10)11/h1,5-7H,2-3H3/b6-5-,8-7+. The van der Waals surface area contributed by atoms with Gasteiger partial charge in [-0.2, -0.15) is 0 Å². The predicted octanol–water partition coefficient (Wildman–Crippen LogP) is 2.78. The highest BCUT2D eigenvalue weighted by Crippen LogP contribution is 2.21. The van der Waals surface area contributed by atoms with Gasteiger partial charge in [-0.3, -0.25) is 0 Å². The van der Waals surface area contributed by atoms with E-state index in [1.165, 1.54) is 25.2 Å². The number of alkyl halides is 2. The van der Waals surface area contributed by atoms with Crippen LogP contribution >= 0.6 is 0 Å². The van der Waals surface area contributed by atoms with Crippen molar-refractivity contribution >= 4 is 0 Å². The number of terminal acetylenes is 1. The predicted molar refractivity (Wildman–Crippen MR) is 42.4 cm³/mol. The van der Waals surface area contributed by atoms with Gasteiger partial charge in [-0.25, -0.2) is 8.78 Å². The van der Waals surface area contributed by atoms with Gasteiger partial charge in [0.2, 0.25) is 0 Å². The third-order valence-electron chi connectivity index (χ3n) is 1.23. The molecule has 60 valence electrons. The Bertz CT molecular complexity index is 211. The molecule has 0 N–H and O–H groups in total. The maximum atomic E-state index is 12.4. The van der Waals surface area contributed by atoms with Gasteiger partial charge in [0, 0.05) is 6.92 Å². The van der Waals surface area contributed by atoms with Gasteiger partial charge in [0.05, 0.1) is 0 Å². The first-order valence-electron chi connectivity index (χ1n) is 3.16. The van der Waals surface area contributed by atoms with Crippen LogP contribution in [-0.4, -0.2) is 5.92 Å². The first kappa shape index (κ1) is 9.90. The number of allylic oxidation sites excluding steroid dienone is 4. The van der Waals surface area contributed by atoms with Crippen LogP contribution in [0, 0.1) is 12.3 Å². The number of hydrogen-bond acceptors (Lipinski definition) is 0. The summed E-state index contributed by atoms with van der Waals surface area (Å²) >= 11 is 0. The van der Waals surface area contributed by atoms with E-state index in [0.717, 1.165) is 6.92 Å². The minimum atomic E-state index is -2.75. The molecule has 0 aromatic rings. The summed E-state index contributed by atoms with van der Waals surface area (Å²) < 4.78 is 24.8. The summed E-state index contributed by atoms with van der Waals surface area (Å²) in [7, 11) is 0. The summed E-state index contributed by atoms with van der Waals surface area (Å²) in [5.41, 5.74) is 0.00370. The molecule has 0 aliphatic carbocycles. The van der Waals surface area contributed by atoms with Crippen molar-refractivity contribution in [1.29, 1.82) is 0 Å². The fourth-order valence-electron chi connectivity index (χ4n) is 0.394. The minimum Gasteiger partial charge on any atom is -0.202 e. The highest BCUT2D eigenvalue weighted by atomic mass is 19.3. The third-order valence-corrected chi connectivity index (χ3v) is 1.23. The lowest BCUT2D eigenvalue weighted by molar-refractivity contribution is 0.0635. The minimum absolute atomic E-state index is 0.00370. The van der Waals surface area contributed by atoms with E-state index in [9.17, 15) is 8.78 Å². The Balaban J connectivity index is 4.26. The van der Waals surface area contributed by atoms with Gasteiger partial charge in [-0.1, -0.05) is 18.1 Å². The van der Waals surface area contributed by atoms with Crippen LogP contribution in [0.3, 0.4) is 0 Å². The van der Waals surface area contributed by atoms with E-state index >= 15 is 0 Å². The molecule has 0 unspecified atom stereocenters. The summed E-state index contributed by atoms with van der Waals surface area (Å²) in [6.07, 6.45) is 8.97. The van der Waals surface area contributed by atoms with Crippen molar-refractivity contribution in [3.63, 3.8) is 0 Å². The molecule has 0 rings (SSSR count). The first-order valence-corrected chi connectivity index (χ1v) is 3.16. The summed E-state index contributed by atoms with van der Waals surface area (Å²) in [5.74, 6) is -0.547. The lowest BCUT2D eigenvalue weighted by Gasteiger charge is -2.08. The smallest absolute Gasteiger partial charge is 0.202 e. The Hall–Kier alpha value is -1.10. The van der Waals surface area contributed by atoms with Crippen LogP contribution in [0.15, 0.2) is 23.8 Å². The molecule has 0 nitrogen and oxygen atoms in total. The van der Waals surface area contributed by atoms with Gasteiger partial charge in [0.1, 0.15) is 0 Å². The first-order chi connectivity index (χ1) is 4.98. The molecule has 0 atom stereocenters. The Labute approximate surface area is 65.6 Å². The van der Waals surface area contributed by atoms with Crippen LogP contribution in [0.5, 0.6) is 0 Å². The van der Waals surface area contributed by atoms with E-state index in [4.69, 9.17) is 6.42 Å². The second-order valence-corrected chi connectivity index (χ2v) is 2.26. The van der Waals surface area contributed by atoms with Crippen LogP contribution in [0.2, 0.25) is 0 Å². The largest absolute Gasteiger partial charge is 0.266 e. The molecule has 0 spiro atoms. The van der Waals surface area contributed by atoms with E-state index in [1.807, 2.05) is 0 Å². The second-order valence-electron chi connectivity index (χ2n) is 2.26. The van der Waals surface area contributed by atoms with Gasteiger partial charge >= 0.3 is 0 Å². The van der Waals surface area contributed by atoms with Crippen molar-refractivity contribution in [2.24, 2.45) is 0 Å². The van der Waals surface area contributed by atoms with Crippen LogP contribution in [0.1, 0.15) is 13.8 Å². The lowest BCUT2D eigenvalue weighted by Crippen LogP contribution is -2.10. The molecule has 0 saturated carbocycles. The zero-order valence-corrected chi connectivity index (χ0v) is 6.57. The summed E-state index contributed by atoms with van der Waals surface area (Å²) in [5, 5.41) is 0. The van der Waals surface area contributed by atoms with E-state index in [2.05, 4.69) is 5.92 Å². The van der Waals surface area contributed by atoms with Crippen molar-refractivity contribution in [2.75, 3.05) is 0 Å². The summed E-state index contributed by atoms with van der Waals surface area (Å²) in [6.45, 7) is 2.21. The van der Waals surface area contributed by atoms with Crippen LogP contribution < -0.4 is 0 Å². The highest BCUT2D eigenvalue weighted by molar-refractivity contribution is 5.21. The van der Waals surface area contributed by atoms with Crippen molar-refractivity contribution in [1.82, 2.24) is 0 Å². The SMILES string of the molecule is C#C/C=C\C=C(/C)C(C)(F)F. The topological polar surface area (TPSA) is 0 Å². The van der Waals surface area contributed by atoms with Crippen LogP contribution in [0.25, 0.3) is 0 Å². The maximum Gasteiger partial charge on any atom is 0.266 e. The van der Waals surface area contributed by atoms with Gasteiger partial charge < -0.3 is 0 Å². The quantitative estimate of drug-likeness (QED) is 0.426. The molecule has 0 radical (unpaired) electrons. The Kier molecular flexibility index (Phi) is 3.53. The van der Waals surface area contributed by atoms with Gasteiger partial charge in [-0.05, 0) is 18.6 Å². The van der Waals surface area contributed by atoms with Crippen LogP contribution in [-0.2, 0) is 0 Å². The molecule has 0 aliphatic rings. The highest BCUT2D eigenvalue weighted by Gasteiger charge is 2.22. The second kappa shape index (κ2) is 3.92. The van der Waals surface area contributed by atoms with Crippen molar-refractivity contribution < 1.29 is 8.78 Å². The van der Waals surface area contributed by atoms with Gasteiger partial charge in [0.15, 0.2) is 0 Å². The molecule has 0 bridgehead atoms. The molecule has 0 aromatic heterocycles. The number of hydrogen-bond donors (Lipinski definition) is 0. The molecule has 0 aromatic carbocycles. The fourth-order valence-corrected chi connectivity index (χ4v) is 0.394. The van der Waals surface area contributed by atoms with Gasteiger partial charge in [0.25, 0.3) is 5.92 Å². The van der Waals surface area contributed by atoms with Crippen molar-refractivity contribution in [3.05, 3.63) is 23.8 Å². The Morgan fingerprint density at radius 1 is 1.55 bits per heavy atom. The molecule has 11 heavy (non-hydrogen) atoms. The average molecular weight is 156 g/mol. The van der Waals surface area contributed by atoms with Crippen molar-refractivity contribution in [2.45, 2.75) is 19.8 Å². The molecule has 0 saturated heterocycles. The zero-order valence-electron chi connectivity index (χ0n) is 6.57. The summed E-state index contributed by atoms with van der Waals surface area (Å²) in [4.78, 5) is 0. The molecule has 0 heterocycles. The Morgan fingerprint density at radius 2 is 2.09 bits per heavy atom. The lowest BCUT2D eigenvalue weighted by atomic mass is 10.1. The Morgan fingerprint density at radius 3 is 2.45 bits per heavy atom. The monoisotopic (exact) mass is 156 g/mol. The van der Waals surface area contributed by atoms with Gasteiger partial charge in [-0.15, -0.1) is 6.42 Å². The third kappa shape index (κ3) is 4.32. The number of rotatable bonds is 2. The van der Waals surface area contributed by atoms with E-state index in [0.29, 0.717) is 0 Å². The van der Waals surface area contributed by atoms with Crippen LogP contribution in [0.4, 0.5) is 8.78 Å². The van der Waals surface area contributed by atoms with E-state index in [1.54, 1.807) is 0 Å². The normalized spacial score (nSPS) is 13.5. The fraction of sp³-hybridized carbons (Fsp3) is 0.333. The molecular weight excluding hydrogens is 146 g/mol. The zero-order chi connectivity index (χ0) is 8.91. The van der Waals surface area contributed by atoms with E-state index < -0.39 is 5.92 Å².